The maximum absolute atomic E-state index is 12.3. The standard InChI is InChI=1S/C15H21N3O2S/c1-12-8-15(6-5-14(12)9-16)21(19,20)17-10-13-4-3-7-18(2)11-13/h5-6,8,13,17H,3-4,7,10-11H2,1-2H3. The van der Waals surface area contributed by atoms with Gasteiger partial charge in [-0.2, -0.15) is 5.26 Å². The Bertz CT molecular complexity index is 649. The molecule has 0 bridgehead atoms. The Morgan fingerprint density at radius 1 is 1.48 bits per heavy atom. The van der Waals surface area contributed by atoms with Gasteiger partial charge in [0.1, 0.15) is 0 Å². The molecule has 1 aliphatic rings. The minimum absolute atomic E-state index is 0.225. The zero-order valence-corrected chi connectivity index (χ0v) is 13.3. The smallest absolute Gasteiger partial charge is 0.240 e. The summed E-state index contributed by atoms with van der Waals surface area (Å²) in [5, 5.41) is 8.89. The van der Waals surface area contributed by atoms with Gasteiger partial charge in [-0.05, 0) is 63.0 Å². The summed E-state index contributed by atoms with van der Waals surface area (Å²) in [6.07, 6.45) is 2.16. The van der Waals surface area contributed by atoms with Gasteiger partial charge in [0.05, 0.1) is 16.5 Å². The van der Waals surface area contributed by atoms with Crippen molar-refractivity contribution in [2.24, 2.45) is 5.92 Å². The normalized spacial score (nSPS) is 20.1. The van der Waals surface area contributed by atoms with Gasteiger partial charge in [0.2, 0.25) is 10.0 Å². The van der Waals surface area contributed by atoms with E-state index in [1.165, 1.54) is 6.07 Å². The first-order chi connectivity index (χ1) is 9.92. The third-order valence-electron chi connectivity index (χ3n) is 3.91. The van der Waals surface area contributed by atoms with E-state index in [1.54, 1.807) is 19.1 Å². The Hall–Kier alpha value is -1.42. The maximum Gasteiger partial charge on any atom is 0.240 e. The van der Waals surface area contributed by atoms with Crippen molar-refractivity contribution in [1.29, 1.82) is 5.26 Å². The molecule has 1 saturated heterocycles. The fourth-order valence-corrected chi connectivity index (χ4v) is 3.88. The van der Waals surface area contributed by atoms with Gasteiger partial charge in [0.15, 0.2) is 0 Å². The Morgan fingerprint density at radius 3 is 2.86 bits per heavy atom. The number of aryl methyl sites for hydroxylation is 1. The van der Waals surface area contributed by atoms with Crippen molar-refractivity contribution < 1.29 is 8.42 Å². The van der Waals surface area contributed by atoms with E-state index in [0.29, 0.717) is 23.6 Å². The molecule has 1 unspecified atom stereocenters. The highest BCUT2D eigenvalue weighted by atomic mass is 32.2. The first kappa shape index (κ1) is 16.0. The van der Waals surface area contributed by atoms with Crippen LogP contribution in [-0.4, -0.2) is 40.0 Å². The number of hydrogen-bond donors (Lipinski definition) is 1. The molecule has 1 aromatic carbocycles. The maximum atomic E-state index is 12.3. The molecule has 1 aromatic rings. The van der Waals surface area contributed by atoms with E-state index in [4.69, 9.17) is 5.26 Å². The lowest BCUT2D eigenvalue weighted by atomic mass is 9.99. The van der Waals surface area contributed by atoms with Crippen LogP contribution in [0.2, 0.25) is 0 Å². The number of piperidine rings is 1. The molecule has 0 spiro atoms. The molecular formula is C15H21N3O2S. The molecule has 0 saturated carbocycles. The zero-order chi connectivity index (χ0) is 15.5. The van der Waals surface area contributed by atoms with Gasteiger partial charge >= 0.3 is 0 Å². The summed E-state index contributed by atoms with van der Waals surface area (Å²) >= 11 is 0. The molecule has 114 valence electrons. The minimum Gasteiger partial charge on any atom is -0.306 e. The molecule has 1 heterocycles. The predicted molar refractivity (Wildman–Crippen MR) is 81.3 cm³/mol. The number of rotatable bonds is 4. The highest BCUT2D eigenvalue weighted by molar-refractivity contribution is 7.89. The highest BCUT2D eigenvalue weighted by Crippen LogP contribution is 2.17. The molecule has 1 atom stereocenters. The lowest BCUT2D eigenvalue weighted by Gasteiger charge is -2.29. The van der Waals surface area contributed by atoms with Gasteiger partial charge in [-0.1, -0.05) is 0 Å². The Morgan fingerprint density at radius 2 is 2.24 bits per heavy atom. The third kappa shape index (κ3) is 4.03. The Kier molecular flexibility index (Phi) is 4.99. The number of likely N-dealkylation sites (tertiary alicyclic amines) is 1. The van der Waals surface area contributed by atoms with Crippen LogP contribution in [0.4, 0.5) is 0 Å². The largest absolute Gasteiger partial charge is 0.306 e. The molecule has 5 nitrogen and oxygen atoms in total. The van der Waals surface area contributed by atoms with Gasteiger partial charge in [-0.3, -0.25) is 0 Å². The summed E-state index contributed by atoms with van der Waals surface area (Å²) in [5.41, 5.74) is 1.18. The van der Waals surface area contributed by atoms with E-state index in [-0.39, 0.29) is 4.90 Å². The molecular weight excluding hydrogens is 286 g/mol. The zero-order valence-electron chi connectivity index (χ0n) is 12.5. The second kappa shape index (κ2) is 6.56. The molecule has 2 rings (SSSR count). The van der Waals surface area contributed by atoms with Crippen molar-refractivity contribution in [1.82, 2.24) is 9.62 Å². The number of benzene rings is 1. The van der Waals surface area contributed by atoms with Crippen molar-refractivity contribution in [3.8, 4) is 6.07 Å². The Balaban J connectivity index is 2.05. The van der Waals surface area contributed by atoms with Crippen LogP contribution in [0.15, 0.2) is 23.1 Å². The van der Waals surface area contributed by atoms with E-state index in [9.17, 15) is 8.42 Å². The molecule has 1 fully saturated rings. The fraction of sp³-hybridized carbons (Fsp3) is 0.533. The topological polar surface area (TPSA) is 73.2 Å². The second-order valence-corrected chi connectivity index (χ2v) is 7.48. The van der Waals surface area contributed by atoms with Gasteiger partial charge in [-0.25, -0.2) is 13.1 Å². The van der Waals surface area contributed by atoms with Crippen LogP contribution in [0.1, 0.15) is 24.0 Å². The molecule has 0 aromatic heterocycles. The summed E-state index contributed by atoms with van der Waals surface area (Å²) in [5.74, 6) is 0.359. The Labute approximate surface area is 126 Å². The number of nitriles is 1. The monoisotopic (exact) mass is 307 g/mol. The van der Waals surface area contributed by atoms with Crippen molar-refractivity contribution >= 4 is 10.0 Å². The number of sulfonamides is 1. The summed E-state index contributed by atoms with van der Waals surface area (Å²) < 4.78 is 27.3. The summed E-state index contributed by atoms with van der Waals surface area (Å²) in [6, 6.07) is 6.63. The average molecular weight is 307 g/mol. The average Bonchev–Trinajstić information content (AvgIpc) is 2.45. The molecule has 0 amide bonds. The van der Waals surface area contributed by atoms with Gasteiger partial charge < -0.3 is 4.90 Å². The quantitative estimate of drug-likeness (QED) is 0.914. The highest BCUT2D eigenvalue weighted by Gasteiger charge is 2.21. The van der Waals surface area contributed by atoms with Crippen molar-refractivity contribution in [3.63, 3.8) is 0 Å². The number of hydrogen-bond acceptors (Lipinski definition) is 4. The van der Waals surface area contributed by atoms with Crippen molar-refractivity contribution in [3.05, 3.63) is 29.3 Å². The van der Waals surface area contributed by atoms with E-state index in [2.05, 4.69) is 16.7 Å². The van der Waals surface area contributed by atoms with Crippen LogP contribution in [0.5, 0.6) is 0 Å². The molecule has 21 heavy (non-hydrogen) atoms. The molecule has 0 aliphatic carbocycles. The van der Waals surface area contributed by atoms with Crippen molar-refractivity contribution in [2.75, 3.05) is 26.7 Å². The lowest BCUT2D eigenvalue weighted by Crippen LogP contribution is -2.39. The van der Waals surface area contributed by atoms with E-state index >= 15 is 0 Å². The van der Waals surface area contributed by atoms with Crippen LogP contribution in [-0.2, 0) is 10.0 Å². The van der Waals surface area contributed by atoms with E-state index in [0.717, 1.165) is 25.9 Å². The lowest BCUT2D eigenvalue weighted by molar-refractivity contribution is 0.211. The van der Waals surface area contributed by atoms with Gasteiger partial charge in [0.25, 0.3) is 0 Å². The van der Waals surface area contributed by atoms with Crippen LogP contribution >= 0.6 is 0 Å². The number of nitrogens with one attached hydrogen (secondary N) is 1. The van der Waals surface area contributed by atoms with Crippen LogP contribution < -0.4 is 4.72 Å². The molecule has 1 N–H and O–H groups in total. The second-order valence-electron chi connectivity index (χ2n) is 5.71. The van der Waals surface area contributed by atoms with E-state index in [1.807, 2.05) is 6.07 Å². The van der Waals surface area contributed by atoms with Crippen molar-refractivity contribution in [2.45, 2.75) is 24.7 Å². The first-order valence-electron chi connectivity index (χ1n) is 7.11. The third-order valence-corrected chi connectivity index (χ3v) is 5.33. The summed E-state index contributed by atoms with van der Waals surface area (Å²) in [7, 11) is -1.44. The van der Waals surface area contributed by atoms with Crippen LogP contribution in [0, 0.1) is 24.2 Å². The first-order valence-corrected chi connectivity index (χ1v) is 8.59. The number of nitrogens with zero attached hydrogens (tertiary/aromatic N) is 2. The fourth-order valence-electron chi connectivity index (χ4n) is 2.68. The molecule has 1 aliphatic heterocycles. The van der Waals surface area contributed by atoms with Gasteiger partial charge in [-0.15, -0.1) is 0 Å². The van der Waals surface area contributed by atoms with Crippen LogP contribution in [0.3, 0.4) is 0 Å². The summed E-state index contributed by atoms with van der Waals surface area (Å²) in [6.45, 7) is 4.21. The van der Waals surface area contributed by atoms with E-state index < -0.39 is 10.0 Å². The van der Waals surface area contributed by atoms with Gasteiger partial charge in [0, 0.05) is 13.1 Å². The molecule has 0 radical (unpaired) electrons. The molecule has 6 heteroatoms. The van der Waals surface area contributed by atoms with Crippen LogP contribution in [0.25, 0.3) is 0 Å². The predicted octanol–water partition coefficient (Wildman–Crippen LogP) is 1.49. The summed E-state index contributed by atoms with van der Waals surface area (Å²) in [4.78, 5) is 2.46. The minimum atomic E-state index is -3.50. The SMILES string of the molecule is Cc1cc(S(=O)(=O)NCC2CCCN(C)C2)ccc1C#N.